The molecule has 0 saturated heterocycles. The molecule has 1 N–H and O–H groups in total. The van der Waals surface area contributed by atoms with Crippen molar-refractivity contribution >= 4 is 0 Å². The van der Waals surface area contributed by atoms with E-state index in [1.807, 2.05) is 0 Å². The molecule has 0 aliphatic heterocycles. The van der Waals surface area contributed by atoms with Crippen molar-refractivity contribution in [1.82, 2.24) is 20.6 Å². The second-order valence-corrected chi connectivity index (χ2v) is 3.91. The van der Waals surface area contributed by atoms with Gasteiger partial charge in [0.2, 0.25) is 0 Å². The number of aryl methyl sites for hydroxylation is 1. The van der Waals surface area contributed by atoms with E-state index in [0.29, 0.717) is 5.92 Å². The fraction of sp³-hybridized carbons (Fsp3) is 0.364. The maximum absolute atomic E-state index is 4.09. The van der Waals surface area contributed by atoms with Gasteiger partial charge in [-0.05, 0) is 30.4 Å². The molecule has 1 heterocycles. The fourth-order valence-corrected chi connectivity index (χ4v) is 2.34. The topological polar surface area (TPSA) is 54.5 Å². The number of aromatic amines is 1. The Labute approximate surface area is 87.7 Å². The Morgan fingerprint density at radius 2 is 2.20 bits per heavy atom. The Balaban J connectivity index is 2.06. The van der Waals surface area contributed by atoms with Crippen LogP contribution in [0.4, 0.5) is 0 Å². The van der Waals surface area contributed by atoms with Crippen molar-refractivity contribution in [2.75, 3.05) is 0 Å². The van der Waals surface area contributed by atoms with E-state index in [4.69, 9.17) is 0 Å². The van der Waals surface area contributed by atoms with Crippen molar-refractivity contribution in [3.05, 3.63) is 41.2 Å². The van der Waals surface area contributed by atoms with E-state index in [0.717, 1.165) is 12.2 Å². The zero-order chi connectivity index (χ0) is 10.1. The van der Waals surface area contributed by atoms with E-state index in [1.54, 1.807) is 0 Å². The molecular weight excluding hydrogens is 188 g/mol. The first-order valence-electron chi connectivity index (χ1n) is 5.26. The molecule has 0 bridgehead atoms. The lowest BCUT2D eigenvalue weighted by Gasteiger charge is -2.22. The molecule has 0 unspecified atom stereocenters. The molecule has 0 radical (unpaired) electrons. The number of aromatic nitrogens is 4. The van der Waals surface area contributed by atoms with Gasteiger partial charge in [-0.25, -0.2) is 0 Å². The molecule has 76 valence electrons. The highest BCUT2D eigenvalue weighted by atomic mass is 15.5. The zero-order valence-corrected chi connectivity index (χ0v) is 8.35. The average molecular weight is 200 g/mol. The van der Waals surface area contributed by atoms with Gasteiger partial charge in [0.05, 0.1) is 0 Å². The number of nitrogens with one attached hydrogen (secondary N) is 1. The van der Waals surface area contributed by atoms with Crippen LogP contribution in [-0.2, 0) is 6.42 Å². The number of H-pyrrole nitrogens is 1. The molecule has 1 aliphatic carbocycles. The van der Waals surface area contributed by atoms with Crippen LogP contribution in [-0.4, -0.2) is 20.6 Å². The van der Waals surface area contributed by atoms with Gasteiger partial charge in [0.25, 0.3) is 0 Å². The first kappa shape index (κ1) is 8.59. The maximum Gasteiger partial charge on any atom is 0.181 e. The van der Waals surface area contributed by atoms with Crippen LogP contribution in [0.25, 0.3) is 0 Å². The van der Waals surface area contributed by atoms with Gasteiger partial charge < -0.3 is 0 Å². The first-order chi connectivity index (χ1) is 7.45. The normalized spacial score (nSPS) is 19.9. The standard InChI is InChI=1S/C11H12N4/c1-2-6-9-8(4-1)5-3-7-10(9)11-12-14-15-13-11/h1-2,4,6,10H,3,5,7H2,(H,12,13,14,15)/t10-/m1/s1. The number of hydrogen-bond acceptors (Lipinski definition) is 3. The first-order valence-corrected chi connectivity index (χ1v) is 5.26. The van der Waals surface area contributed by atoms with Crippen LogP contribution in [0.1, 0.15) is 35.7 Å². The Hall–Kier alpha value is -1.71. The maximum atomic E-state index is 4.09. The number of nitrogens with zero attached hydrogens (tertiary/aromatic N) is 3. The van der Waals surface area contributed by atoms with Gasteiger partial charge in [-0.1, -0.05) is 29.5 Å². The van der Waals surface area contributed by atoms with Crippen LogP contribution >= 0.6 is 0 Å². The van der Waals surface area contributed by atoms with Crippen molar-refractivity contribution in [3.63, 3.8) is 0 Å². The number of fused-ring (bicyclic) bond motifs is 1. The molecular formula is C11H12N4. The van der Waals surface area contributed by atoms with Crippen molar-refractivity contribution in [2.45, 2.75) is 25.2 Å². The number of hydrogen-bond donors (Lipinski definition) is 1. The minimum absolute atomic E-state index is 0.327. The molecule has 4 heteroatoms. The third-order valence-corrected chi connectivity index (χ3v) is 3.04. The van der Waals surface area contributed by atoms with Crippen LogP contribution < -0.4 is 0 Å². The van der Waals surface area contributed by atoms with Gasteiger partial charge in [0, 0.05) is 5.92 Å². The van der Waals surface area contributed by atoms with Gasteiger partial charge in [-0.3, -0.25) is 0 Å². The van der Waals surface area contributed by atoms with Crippen LogP contribution in [0.3, 0.4) is 0 Å². The summed E-state index contributed by atoms with van der Waals surface area (Å²) in [5, 5.41) is 14.3. The minimum Gasteiger partial charge on any atom is -0.177 e. The lowest BCUT2D eigenvalue weighted by Crippen LogP contribution is -2.12. The lowest BCUT2D eigenvalue weighted by molar-refractivity contribution is 0.591. The van der Waals surface area contributed by atoms with E-state index in [1.165, 1.54) is 24.0 Å². The van der Waals surface area contributed by atoms with Gasteiger partial charge >= 0.3 is 0 Å². The molecule has 1 aromatic carbocycles. The number of rotatable bonds is 1. The summed E-state index contributed by atoms with van der Waals surface area (Å²) in [6, 6.07) is 8.55. The SMILES string of the molecule is c1ccc2c(c1)CCC[C@H]2c1nn[nH]n1. The summed E-state index contributed by atoms with van der Waals surface area (Å²) in [4.78, 5) is 0. The van der Waals surface area contributed by atoms with Gasteiger partial charge in [0.15, 0.2) is 5.82 Å². The van der Waals surface area contributed by atoms with Gasteiger partial charge in [0.1, 0.15) is 0 Å². The average Bonchev–Trinajstić information content (AvgIpc) is 2.82. The summed E-state index contributed by atoms with van der Waals surface area (Å²) in [6.07, 6.45) is 3.50. The summed E-state index contributed by atoms with van der Waals surface area (Å²) in [5.41, 5.74) is 2.80. The van der Waals surface area contributed by atoms with E-state index >= 15 is 0 Å². The molecule has 15 heavy (non-hydrogen) atoms. The van der Waals surface area contributed by atoms with Crippen LogP contribution in [0.15, 0.2) is 24.3 Å². The second-order valence-electron chi connectivity index (χ2n) is 3.91. The zero-order valence-electron chi connectivity index (χ0n) is 8.35. The molecule has 0 fully saturated rings. The number of tetrazole rings is 1. The highest BCUT2D eigenvalue weighted by Crippen LogP contribution is 2.34. The molecule has 3 rings (SSSR count). The van der Waals surface area contributed by atoms with Crippen molar-refractivity contribution < 1.29 is 0 Å². The predicted octanol–water partition coefficient (Wildman–Crippen LogP) is 1.67. The van der Waals surface area contributed by atoms with E-state index in [9.17, 15) is 0 Å². The Morgan fingerprint density at radius 3 is 3.07 bits per heavy atom. The van der Waals surface area contributed by atoms with E-state index < -0.39 is 0 Å². The summed E-state index contributed by atoms with van der Waals surface area (Å²) in [5.74, 6) is 1.15. The molecule has 4 nitrogen and oxygen atoms in total. The minimum atomic E-state index is 0.327. The summed E-state index contributed by atoms with van der Waals surface area (Å²) >= 11 is 0. The molecule has 1 aromatic heterocycles. The molecule has 0 amide bonds. The Morgan fingerprint density at radius 1 is 1.27 bits per heavy atom. The van der Waals surface area contributed by atoms with Gasteiger partial charge in [-0.2, -0.15) is 5.21 Å². The third-order valence-electron chi connectivity index (χ3n) is 3.04. The summed E-state index contributed by atoms with van der Waals surface area (Å²) in [7, 11) is 0. The van der Waals surface area contributed by atoms with E-state index in [-0.39, 0.29) is 0 Å². The summed E-state index contributed by atoms with van der Waals surface area (Å²) < 4.78 is 0. The number of benzene rings is 1. The molecule has 1 aliphatic rings. The summed E-state index contributed by atoms with van der Waals surface area (Å²) in [6.45, 7) is 0. The van der Waals surface area contributed by atoms with Crippen molar-refractivity contribution in [3.8, 4) is 0 Å². The Bertz CT molecular complexity index is 449. The van der Waals surface area contributed by atoms with Crippen LogP contribution in [0, 0.1) is 0 Å². The molecule has 2 aromatic rings. The molecule has 0 saturated carbocycles. The van der Waals surface area contributed by atoms with Crippen molar-refractivity contribution in [2.24, 2.45) is 0 Å². The fourth-order valence-electron chi connectivity index (χ4n) is 2.34. The quantitative estimate of drug-likeness (QED) is 0.761. The van der Waals surface area contributed by atoms with Gasteiger partial charge in [-0.15, -0.1) is 10.2 Å². The third kappa shape index (κ3) is 1.42. The van der Waals surface area contributed by atoms with Crippen molar-refractivity contribution in [1.29, 1.82) is 0 Å². The smallest absolute Gasteiger partial charge is 0.177 e. The molecule has 0 spiro atoms. The lowest BCUT2D eigenvalue weighted by atomic mass is 9.82. The Kier molecular flexibility index (Phi) is 1.98. The second kappa shape index (κ2) is 3.46. The van der Waals surface area contributed by atoms with E-state index in [2.05, 4.69) is 44.9 Å². The monoisotopic (exact) mass is 200 g/mol. The predicted molar refractivity (Wildman–Crippen MR) is 55.4 cm³/mol. The highest BCUT2D eigenvalue weighted by molar-refractivity contribution is 5.35. The molecule has 1 atom stereocenters. The van der Waals surface area contributed by atoms with Crippen LogP contribution in [0.2, 0.25) is 0 Å². The largest absolute Gasteiger partial charge is 0.181 e. The van der Waals surface area contributed by atoms with Crippen LogP contribution in [0.5, 0.6) is 0 Å². The highest BCUT2D eigenvalue weighted by Gasteiger charge is 2.24.